The van der Waals surface area contributed by atoms with Gasteiger partial charge in [0.1, 0.15) is 0 Å². The van der Waals surface area contributed by atoms with Crippen molar-refractivity contribution in [1.29, 1.82) is 0 Å². The summed E-state index contributed by atoms with van der Waals surface area (Å²) >= 11 is 0. The third kappa shape index (κ3) is 2.06. The van der Waals surface area contributed by atoms with Crippen LogP contribution in [0.4, 0.5) is 0 Å². The summed E-state index contributed by atoms with van der Waals surface area (Å²) in [7, 11) is 0. The molecule has 0 unspecified atom stereocenters. The van der Waals surface area contributed by atoms with E-state index >= 15 is 0 Å². The highest BCUT2D eigenvalue weighted by atomic mass is 16.5. The van der Waals surface area contributed by atoms with E-state index < -0.39 is 0 Å². The van der Waals surface area contributed by atoms with E-state index in [1.54, 1.807) is 0 Å². The van der Waals surface area contributed by atoms with Crippen molar-refractivity contribution in [1.82, 2.24) is 0 Å². The van der Waals surface area contributed by atoms with Gasteiger partial charge in [-0.25, -0.2) is 0 Å². The molecule has 82 valence electrons. The van der Waals surface area contributed by atoms with Crippen molar-refractivity contribution in [3.63, 3.8) is 0 Å². The highest BCUT2D eigenvalue weighted by Crippen LogP contribution is 2.27. The second-order valence-corrected chi connectivity index (χ2v) is 4.10. The zero-order valence-electron chi connectivity index (χ0n) is 9.25. The fourth-order valence-corrected chi connectivity index (χ4v) is 2.17. The highest BCUT2D eigenvalue weighted by Gasteiger charge is 2.17. The van der Waals surface area contributed by atoms with Crippen molar-refractivity contribution >= 4 is 0 Å². The van der Waals surface area contributed by atoms with Gasteiger partial charge in [-0.2, -0.15) is 0 Å². The lowest BCUT2D eigenvalue weighted by Gasteiger charge is -2.11. The van der Waals surface area contributed by atoms with Crippen LogP contribution in [0.2, 0.25) is 0 Å². The maximum Gasteiger partial charge on any atom is 0.0728 e. The van der Waals surface area contributed by atoms with Gasteiger partial charge in [0.05, 0.1) is 19.8 Å². The quantitative estimate of drug-likeness (QED) is 0.820. The third-order valence-corrected chi connectivity index (χ3v) is 3.09. The summed E-state index contributed by atoms with van der Waals surface area (Å²) in [6.45, 7) is 3.71. The number of fused-ring (bicyclic) bond motifs is 1. The first kappa shape index (κ1) is 10.7. The number of benzene rings is 1. The zero-order chi connectivity index (χ0) is 10.7. The summed E-state index contributed by atoms with van der Waals surface area (Å²) in [5, 5.41) is 9.43. The van der Waals surface area contributed by atoms with Crippen molar-refractivity contribution in [2.45, 2.75) is 46.0 Å². The van der Waals surface area contributed by atoms with E-state index in [2.05, 4.69) is 19.1 Å². The van der Waals surface area contributed by atoms with Crippen molar-refractivity contribution in [3.05, 3.63) is 34.4 Å². The van der Waals surface area contributed by atoms with Gasteiger partial charge < -0.3 is 9.84 Å². The van der Waals surface area contributed by atoms with E-state index in [-0.39, 0.29) is 6.61 Å². The summed E-state index contributed by atoms with van der Waals surface area (Å²) in [6, 6.07) is 4.29. The number of hydrogen-bond acceptors (Lipinski definition) is 2. The van der Waals surface area contributed by atoms with Gasteiger partial charge >= 0.3 is 0 Å². The van der Waals surface area contributed by atoms with Crippen LogP contribution in [0.5, 0.6) is 0 Å². The standard InChI is InChI=1S/C13H18O2/c1-2-3-4-10-5-6-11-8-15-9-13(11)12(10)7-14/h5-6,14H,2-4,7-9H2,1H3. The Bertz CT molecular complexity index is 345. The van der Waals surface area contributed by atoms with Crippen molar-refractivity contribution in [3.8, 4) is 0 Å². The van der Waals surface area contributed by atoms with Gasteiger partial charge in [-0.05, 0) is 35.1 Å². The van der Waals surface area contributed by atoms with Crippen LogP contribution >= 0.6 is 0 Å². The monoisotopic (exact) mass is 206 g/mol. The van der Waals surface area contributed by atoms with Crippen molar-refractivity contribution in [2.75, 3.05) is 0 Å². The molecule has 1 heterocycles. The van der Waals surface area contributed by atoms with E-state index in [1.807, 2.05) is 0 Å². The molecule has 1 aliphatic rings. The van der Waals surface area contributed by atoms with Gasteiger partial charge in [0, 0.05) is 0 Å². The molecule has 15 heavy (non-hydrogen) atoms. The van der Waals surface area contributed by atoms with Crippen LogP contribution in [0.3, 0.4) is 0 Å². The lowest BCUT2D eigenvalue weighted by atomic mass is 9.95. The Kier molecular flexibility index (Phi) is 3.39. The predicted octanol–water partition coefficient (Wildman–Crippen LogP) is 2.55. The average molecular weight is 206 g/mol. The topological polar surface area (TPSA) is 29.5 Å². The maximum absolute atomic E-state index is 9.43. The van der Waals surface area contributed by atoms with Crippen LogP contribution in [0.15, 0.2) is 12.1 Å². The number of ether oxygens (including phenoxy) is 1. The molecule has 2 rings (SSSR count). The first-order chi connectivity index (χ1) is 7.36. The second kappa shape index (κ2) is 4.77. The molecule has 0 atom stereocenters. The summed E-state index contributed by atoms with van der Waals surface area (Å²) in [5.74, 6) is 0. The Morgan fingerprint density at radius 2 is 2.20 bits per heavy atom. The molecule has 0 spiro atoms. The molecular weight excluding hydrogens is 188 g/mol. The van der Waals surface area contributed by atoms with Gasteiger partial charge in [-0.1, -0.05) is 25.5 Å². The minimum atomic E-state index is 0.144. The molecule has 0 bridgehead atoms. The van der Waals surface area contributed by atoms with Gasteiger partial charge in [-0.15, -0.1) is 0 Å². The molecule has 0 fully saturated rings. The van der Waals surface area contributed by atoms with Crippen LogP contribution < -0.4 is 0 Å². The van der Waals surface area contributed by atoms with E-state index in [0.29, 0.717) is 13.2 Å². The van der Waals surface area contributed by atoms with Gasteiger partial charge in [-0.3, -0.25) is 0 Å². The molecule has 1 N–H and O–H groups in total. The van der Waals surface area contributed by atoms with Crippen molar-refractivity contribution < 1.29 is 9.84 Å². The van der Waals surface area contributed by atoms with Crippen LogP contribution in [0.25, 0.3) is 0 Å². The molecule has 1 aromatic rings. The second-order valence-electron chi connectivity index (χ2n) is 4.10. The van der Waals surface area contributed by atoms with Crippen LogP contribution in [0.1, 0.15) is 42.0 Å². The Morgan fingerprint density at radius 1 is 1.33 bits per heavy atom. The third-order valence-electron chi connectivity index (χ3n) is 3.09. The van der Waals surface area contributed by atoms with Crippen LogP contribution in [0, 0.1) is 0 Å². The Labute approximate surface area is 90.9 Å². The van der Waals surface area contributed by atoms with Crippen LogP contribution in [-0.2, 0) is 31.0 Å². The smallest absolute Gasteiger partial charge is 0.0728 e. The number of aryl methyl sites for hydroxylation is 1. The zero-order valence-corrected chi connectivity index (χ0v) is 9.25. The fourth-order valence-electron chi connectivity index (χ4n) is 2.17. The Balaban J connectivity index is 2.30. The number of hydrogen-bond donors (Lipinski definition) is 1. The number of aliphatic hydroxyl groups excluding tert-OH is 1. The van der Waals surface area contributed by atoms with E-state index in [0.717, 1.165) is 12.0 Å². The number of rotatable bonds is 4. The van der Waals surface area contributed by atoms with Gasteiger partial charge in [0.15, 0.2) is 0 Å². The minimum Gasteiger partial charge on any atom is -0.392 e. The highest BCUT2D eigenvalue weighted by molar-refractivity contribution is 5.41. The predicted molar refractivity (Wildman–Crippen MR) is 59.5 cm³/mol. The first-order valence-electron chi connectivity index (χ1n) is 5.68. The van der Waals surface area contributed by atoms with Crippen LogP contribution in [-0.4, -0.2) is 5.11 Å². The number of unbranched alkanes of at least 4 members (excludes halogenated alkanes) is 1. The molecule has 0 amide bonds. The van der Waals surface area contributed by atoms with E-state index in [9.17, 15) is 5.11 Å². The molecule has 2 nitrogen and oxygen atoms in total. The molecule has 0 saturated heterocycles. The first-order valence-corrected chi connectivity index (χ1v) is 5.68. The largest absolute Gasteiger partial charge is 0.392 e. The normalized spacial score (nSPS) is 14.3. The number of aliphatic hydroxyl groups is 1. The molecule has 0 aromatic heterocycles. The van der Waals surface area contributed by atoms with Crippen molar-refractivity contribution in [2.24, 2.45) is 0 Å². The van der Waals surface area contributed by atoms with E-state index in [1.165, 1.54) is 29.5 Å². The lowest BCUT2D eigenvalue weighted by molar-refractivity contribution is 0.133. The van der Waals surface area contributed by atoms with Gasteiger partial charge in [0.25, 0.3) is 0 Å². The Hall–Kier alpha value is -0.860. The molecule has 0 saturated carbocycles. The molecule has 2 heteroatoms. The molecule has 1 aromatic carbocycles. The molecule has 0 aliphatic carbocycles. The molecule has 1 aliphatic heterocycles. The van der Waals surface area contributed by atoms with E-state index in [4.69, 9.17) is 4.74 Å². The lowest BCUT2D eigenvalue weighted by Crippen LogP contribution is -2.00. The summed E-state index contributed by atoms with van der Waals surface area (Å²) in [4.78, 5) is 0. The minimum absolute atomic E-state index is 0.144. The molecule has 0 radical (unpaired) electrons. The summed E-state index contributed by atoms with van der Waals surface area (Å²) in [6.07, 6.45) is 3.45. The van der Waals surface area contributed by atoms with Gasteiger partial charge in [0.2, 0.25) is 0 Å². The SMILES string of the molecule is CCCCc1ccc2c(c1CO)COC2. The molecular formula is C13H18O2. The summed E-state index contributed by atoms with van der Waals surface area (Å²) in [5.41, 5.74) is 4.88. The maximum atomic E-state index is 9.43. The summed E-state index contributed by atoms with van der Waals surface area (Å²) < 4.78 is 5.41. The fraction of sp³-hybridized carbons (Fsp3) is 0.538. The average Bonchev–Trinajstić information content (AvgIpc) is 2.73. The Morgan fingerprint density at radius 3 is 2.93 bits per heavy atom.